The van der Waals surface area contributed by atoms with E-state index in [-0.39, 0.29) is 12.4 Å². The van der Waals surface area contributed by atoms with E-state index in [2.05, 4.69) is 18.7 Å². The highest BCUT2D eigenvalue weighted by Gasteiger charge is 2.17. The quantitative estimate of drug-likeness (QED) is 0.733. The minimum Gasteiger partial charge on any atom is -0.328 e. The van der Waals surface area contributed by atoms with Crippen molar-refractivity contribution >= 4 is 24.2 Å². The maximum absolute atomic E-state index is 5.78. The van der Waals surface area contributed by atoms with Crippen LogP contribution >= 0.6 is 24.2 Å². The Balaban J connectivity index is 0.000001000. The van der Waals surface area contributed by atoms with Gasteiger partial charge in [0.05, 0.1) is 0 Å². The fraction of sp³-hybridized carbons (Fsp3) is 1.00. The molecule has 2 N–H and O–H groups in total. The zero-order valence-corrected chi connectivity index (χ0v) is 8.72. The van der Waals surface area contributed by atoms with Gasteiger partial charge in [0.2, 0.25) is 0 Å². The molecule has 0 aromatic rings. The predicted molar refractivity (Wildman–Crippen MR) is 55.6 cm³/mol. The minimum absolute atomic E-state index is 0. The molecule has 0 aromatic carbocycles. The van der Waals surface area contributed by atoms with Crippen LogP contribution in [0.5, 0.6) is 0 Å². The molecule has 0 radical (unpaired) electrons. The van der Waals surface area contributed by atoms with E-state index in [1.54, 1.807) is 0 Å². The molecule has 11 heavy (non-hydrogen) atoms. The van der Waals surface area contributed by atoms with Crippen molar-refractivity contribution in [1.82, 2.24) is 0 Å². The molecule has 0 atom stereocenters. The van der Waals surface area contributed by atoms with Gasteiger partial charge < -0.3 is 5.73 Å². The van der Waals surface area contributed by atoms with Crippen LogP contribution in [-0.2, 0) is 0 Å². The second-order valence-electron chi connectivity index (χ2n) is 2.99. The Hall–Kier alpha value is 0.600. The third-order valence-electron chi connectivity index (χ3n) is 2.12. The molecule has 1 rings (SSSR count). The molecule has 1 fully saturated rings. The molecular formula is C8H18ClNS. The Bertz CT molecular complexity index is 92.1. The van der Waals surface area contributed by atoms with Crippen molar-refractivity contribution in [3.8, 4) is 0 Å². The first-order chi connectivity index (χ1) is 4.83. The van der Waals surface area contributed by atoms with Crippen LogP contribution in [0.4, 0.5) is 0 Å². The van der Waals surface area contributed by atoms with Crippen LogP contribution < -0.4 is 5.73 Å². The van der Waals surface area contributed by atoms with Gasteiger partial charge in [0, 0.05) is 11.3 Å². The van der Waals surface area contributed by atoms with Crippen LogP contribution in [-0.4, -0.2) is 17.0 Å². The Kier molecular flexibility index (Phi) is 6.49. The summed E-state index contributed by atoms with van der Waals surface area (Å²) in [5, 5.41) is 0.921. The summed E-state index contributed by atoms with van der Waals surface area (Å²) in [6.45, 7) is 2.24. The first-order valence-electron chi connectivity index (χ1n) is 4.20. The summed E-state index contributed by atoms with van der Waals surface area (Å²) in [6.07, 6.45) is 5.19. The third kappa shape index (κ3) is 4.24. The van der Waals surface area contributed by atoms with Gasteiger partial charge in [-0.05, 0) is 31.4 Å². The van der Waals surface area contributed by atoms with Crippen LogP contribution in [0.1, 0.15) is 32.6 Å². The van der Waals surface area contributed by atoms with Gasteiger partial charge in [0.1, 0.15) is 0 Å². The first kappa shape index (κ1) is 11.6. The zero-order chi connectivity index (χ0) is 7.40. The molecule has 0 aromatic heterocycles. The van der Waals surface area contributed by atoms with Crippen molar-refractivity contribution in [2.45, 2.75) is 43.9 Å². The van der Waals surface area contributed by atoms with Crippen LogP contribution in [0, 0.1) is 0 Å². The Morgan fingerprint density at radius 3 is 2.27 bits per heavy atom. The lowest BCUT2D eigenvalue weighted by molar-refractivity contribution is 0.451. The molecule has 0 spiro atoms. The highest BCUT2D eigenvalue weighted by molar-refractivity contribution is 7.99. The van der Waals surface area contributed by atoms with E-state index >= 15 is 0 Å². The van der Waals surface area contributed by atoms with Crippen LogP contribution in [0.2, 0.25) is 0 Å². The van der Waals surface area contributed by atoms with E-state index < -0.39 is 0 Å². The molecule has 1 aliphatic carbocycles. The maximum Gasteiger partial charge on any atom is 0.00481 e. The molecule has 1 aliphatic rings. The molecule has 3 heteroatoms. The lowest BCUT2D eigenvalue weighted by Gasteiger charge is -2.24. The monoisotopic (exact) mass is 195 g/mol. The van der Waals surface area contributed by atoms with E-state index in [0.717, 1.165) is 5.25 Å². The van der Waals surface area contributed by atoms with Gasteiger partial charge >= 0.3 is 0 Å². The van der Waals surface area contributed by atoms with Crippen molar-refractivity contribution in [2.24, 2.45) is 5.73 Å². The van der Waals surface area contributed by atoms with E-state index in [1.807, 2.05) is 0 Å². The van der Waals surface area contributed by atoms with Gasteiger partial charge in [0.25, 0.3) is 0 Å². The zero-order valence-electron chi connectivity index (χ0n) is 7.08. The summed E-state index contributed by atoms with van der Waals surface area (Å²) in [5.74, 6) is 1.26. The number of nitrogens with two attached hydrogens (primary N) is 1. The SMILES string of the molecule is CCSC1CCC(N)CC1.Cl. The van der Waals surface area contributed by atoms with Crippen molar-refractivity contribution in [3.63, 3.8) is 0 Å². The fourth-order valence-corrected chi connectivity index (χ4v) is 2.57. The Labute approximate surface area is 79.9 Å². The number of hydrogen-bond donors (Lipinski definition) is 1. The standard InChI is InChI=1S/C8H17NS.ClH/c1-2-10-8-5-3-7(9)4-6-8;/h7-8H,2-6,9H2,1H3;1H. The Morgan fingerprint density at radius 1 is 1.27 bits per heavy atom. The van der Waals surface area contributed by atoms with Crippen molar-refractivity contribution in [1.29, 1.82) is 0 Å². The summed E-state index contributed by atoms with van der Waals surface area (Å²) in [5.41, 5.74) is 5.78. The molecule has 68 valence electrons. The summed E-state index contributed by atoms with van der Waals surface area (Å²) >= 11 is 2.10. The second kappa shape index (κ2) is 6.15. The first-order valence-corrected chi connectivity index (χ1v) is 5.25. The molecular weight excluding hydrogens is 178 g/mol. The molecule has 1 nitrogen and oxygen atoms in total. The molecule has 0 unspecified atom stereocenters. The smallest absolute Gasteiger partial charge is 0.00481 e. The molecule has 0 heterocycles. The number of halogens is 1. The van der Waals surface area contributed by atoms with Crippen molar-refractivity contribution < 1.29 is 0 Å². The van der Waals surface area contributed by atoms with Crippen LogP contribution in [0.3, 0.4) is 0 Å². The van der Waals surface area contributed by atoms with Gasteiger partial charge in [-0.25, -0.2) is 0 Å². The molecule has 0 bridgehead atoms. The minimum atomic E-state index is 0. The van der Waals surface area contributed by atoms with Crippen LogP contribution in [0.15, 0.2) is 0 Å². The normalized spacial score (nSPS) is 31.1. The topological polar surface area (TPSA) is 26.0 Å². The van der Waals surface area contributed by atoms with Gasteiger partial charge in [-0.15, -0.1) is 12.4 Å². The number of thioether (sulfide) groups is 1. The largest absolute Gasteiger partial charge is 0.328 e. The van der Waals surface area contributed by atoms with Crippen molar-refractivity contribution in [2.75, 3.05) is 5.75 Å². The Morgan fingerprint density at radius 2 is 1.82 bits per heavy atom. The van der Waals surface area contributed by atoms with Crippen molar-refractivity contribution in [3.05, 3.63) is 0 Å². The average Bonchev–Trinajstić information content (AvgIpc) is 1.95. The molecule has 0 amide bonds. The lowest BCUT2D eigenvalue weighted by atomic mass is 9.96. The second-order valence-corrected chi connectivity index (χ2v) is 4.57. The van der Waals surface area contributed by atoms with Gasteiger partial charge in [-0.3, -0.25) is 0 Å². The summed E-state index contributed by atoms with van der Waals surface area (Å²) in [6, 6.07) is 0.508. The molecule has 1 saturated carbocycles. The van der Waals surface area contributed by atoms with Gasteiger partial charge in [-0.1, -0.05) is 6.92 Å². The molecule has 0 aliphatic heterocycles. The predicted octanol–water partition coefficient (Wildman–Crippen LogP) is 2.43. The van der Waals surface area contributed by atoms with E-state index in [4.69, 9.17) is 5.73 Å². The lowest BCUT2D eigenvalue weighted by Crippen LogP contribution is -2.27. The summed E-state index contributed by atoms with van der Waals surface area (Å²) < 4.78 is 0. The number of hydrogen-bond acceptors (Lipinski definition) is 2. The van der Waals surface area contributed by atoms with Crippen LogP contribution in [0.25, 0.3) is 0 Å². The summed E-state index contributed by atoms with van der Waals surface area (Å²) in [4.78, 5) is 0. The van der Waals surface area contributed by atoms with E-state index in [9.17, 15) is 0 Å². The number of rotatable bonds is 2. The fourth-order valence-electron chi connectivity index (χ4n) is 1.49. The highest BCUT2D eigenvalue weighted by atomic mass is 35.5. The van der Waals surface area contributed by atoms with Gasteiger partial charge in [-0.2, -0.15) is 11.8 Å². The molecule has 0 saturated heterocycles. The average molecular weight is 196 g/mol. The van der Waals surface area contributed by atoms with Gasteiger partial charge in [0.15, 0.2) is 0 Å². The third-order valence-corrected chi connectivity index (χ3v) is 3.40. The highest BCUT2D eigenvalue weighted by Crippen LogP contribution is 2.27. The maximum atomic E-state index is 5.78. The summed E-state index contributed by atoms with van der Waals surface area (Å²) in [7, 11) is 0. The van der Waals surface area contributed by atoms with E-state index in [0.29, 0.717) is 6.04 Å². The van der Waals surface area contributed by atoms with E-state index in [1.165, 1.54) is 31.4 Å².